The molecule has 168 valence electrons. The lowest BCUT2D eigenvalue weighted by molar-refractivity contribution is -0.125. The van der Waals surface area contributed by atoms with Crippen LogP contribution in [0, 0.1) is 12.8 Å². The number of hydrogen-bond donors (Lipinski definition) is 1. The summed E-state index contributed by atoms with van der Waals surface area (Å²) in [4.78, 5) is 13.6. The molecule has 0 saturated carbocycles. The van der Waals surface area contributed by atoms with Gasteiger partial charge in [0.1, 0.15) is 0 Å². The molecule has 2 aromatic carbocycles. The minimum absolute atomic E-state index is 0.00559. The van der Waals surface area contributed by atoms with Crippen molar-refractivity contribution in [2.45, 2.75) is 30.4 Å². The van der Waals surface area contributed by atoms with Gasteiger partial charge in [0.25, 0.3) is 0 Å². The Morgan fingerprint density at radius 1 is 1.10 bits per heavy atom. The van der Waals surface area contributed by atoms with E-state index < -0.39 is 10.0 Å². The fourth-order valence-electron chi connectivity index (χ4n) is 3.45. The molecule has 0 spiro atoms. The highest BCUT2D eigenvalue weighted by Crippen LogP contribution is 2.26. The Kier molecular flexibility index (Phi) is 8.70. The maximum Gasteiger partial charge on any atom is 0.223 e. The number of hydrogen-bond acceptors (Lipinski definition) is 4. The van der Waals surface area contributed by atoms with Crippen LogP contribution in [0.2, 0.25) is 10.0 Å². The van der Waals surface area contributed by atoms with Gasteiger partial charge in [-0.25, -0.2) is 12.7 Å². The first-order valence-electron chi connectivity index (χ1n) is 10.1. The second-order valence-corrected chi connectivity index (χ2v) is 11.6. The zero-order valence-corrected chi connectivity index (χ0v) is 20.5. The fraction of sp³-hybridized carbons (Fsp3) is 0.409. The lowest BCUT2D eigenvalue weighted by atomic mass is 9.97. The molecule has 1 amide bonds. The van der Waals surface area contributed by atoms with Crippen molar-refractivity contribution in [3.8, 4) is 0 Å². The third kappa shape index (κ3) is 7.12. The second kappa shape index (κ2) is 11.1. The van der Waals surface area contributed by atoms with Gasteiger partial charge in [-0.1, -0.05) is 47.0 Å². The molecule has 5 nitrogen and oxygen atoms in total. The van der Waals surface area contributed by atoms with Crippen molar-refractivity contribution in [2.75, 3.05) is 25.4 Å². The number of aryl methyl sites for hydroxylation is 1. The molecular formula is C22H26Cl2N2O3S2. The summed E-state index contributed by atoms with van der Waals surface area (Å²) in [5.74, 6) is 0.523. The van der Waals surface area contributed by atoms with Crippen molar-refractivity contribution in [3.05, 3.63) is 63.6 Å². The van der Waals surface area contributed by atoms with Crippen LogP contribution >= 0.6 is 35.0 Å². The zero-order valence-electron chi connectivity index (χ0n) is 17.3. The summed E-state index contributed by atoms with van der Waals surface area (Å²) in [6.45, 7) is 3.34. The van der Waals surface area contributed by atoms with Gasteiger partial charge in [0.2, 0.25) is 15.9 Å². The molecule has 0 bridgehead atoms. The van der Waals surface area contributed by atoms with Crippen LogP contribution in [0.15, 0.2) is 47.4 Å². The Morgan fingerprint density at radius 2 is 1.77 bits per heavy atom. The molecule has 1 saturated heterocycles. The first kappa shape index (κ1) is 24.4. The lowest BCUT2D eigenvalue weighted by Crippen LogP contribution is -2.43. The first-order chi connectivity index (χ1) is 14.7. The normalized spacial score (nSPS) is 15.7. The highest BCUT2D eigenvalue weighted by molar-refractivity contribution is 7.99. The van der Waals surface area contributed by atoms with Gasteiger partial charge < -0.3 is 5.32 Å². The van der Waals surface area contributed by atoms with E-state index in [1.807, 2.05) is 0 Å². The Hall–Kier alpha value is -1.25. The number of halogens is 2. The van der Waals surface area contributed by atoms with E-state index in [1.165, 1.54) is 14.8 Å². The average molecular weight is 502 g/mol. The summed E-state index contributed by atoms with van der Waals surface area (Å²) in [5, 5.41) is 3.72. The van der Waals surface area contributed by atoms with Crippen LogP contribution in [0.25, 0.3) is 0 Å². The number of rotatable bonds is 8. The van der Waals surface area contributed by atoms with Crippen molar-refractivity contribution in [2.24, 2.45) is 5.92 Å². The largest absolute Gasteiger partial charge is 0.355 e. The summed E-state index contributed by atoms with van der Waals surface area (Å²) >= 11 is 13.6. The van der Waals surface area contributed by atoms with Crippen LogP contribution in [0.4, 0.5) is 0 Å². The van der Waals surface area contributed by atoms with E-state index >= 15 is 0 Å². The maximum atomic E-state index is 12.7. The molecule has 2 aromatic rings. The van der Waals surface area contributed by atoms with Crippen LogP contribution in [0.1, 0.15) is 24.0 Å². The first-order valence-corrected chi connectivity index (χ1v) is 13.5. The van der Waals surface area contributed by atoms with Crippen molar-refractivity contribution in [3.63, 3.8) is 0 Å². The van der Waals surface area contributed by atoms with E-state index in [0.29, 0.717) is 48.1 Å². The Labute approximate surface area is 198 Å². The highest BCUT2D eigenvalue weighted by Gasteiger charge is 2.31. The molecule has 3 rings (SSSR count). The monoisotopic (exact) mass is 500 g/mol. The van der Waals surface area contributed by atoms with Gasteiger partial charge in [-0.3, -0.25) is 4.79 Å². The topological polar surface area (TPSA) is 66.5 Å². The van der Waals surface area contributed by atoms with Crippen LogP contribution in [-0.2, 0) is 20.6 Å². The number of amides is 1. The Balaban J connectivity index is 1.42. The molecule has 0 radical (unpaired) electrons. The molecule has 31 heavy (non-hydrogen) atoms. The average Bonchev–Trinajstić information content (AvgIpc) is 2.75. The number of nitrogens with one attached hydrogen (secondary N) is 1. The molecule has 1 aliphatic heterocycles. The van der Waals surface area contributed by atoms with Crippen molar-refractivity contribution in [1.82, 2.24) is 9.62 Å². The number of nitrogens with zero attached hydrogens (tertiary/aromatic N) is 1. The lowest BCUT2D eigenvalue weighted by Gasteiger charge is -2.30. The van der Waals surface area contributed by atoms with Crippen LogP contribution < -0.4 is 5.32 Å². The standard InChI is InChI=1S/C22H26Cl2N2O3S2/c1-16-2-5-19(6-3-16)30-13-10-25-22(27)18-8-11-26(12-9-18)31(28,29)15-17-4-7-20(23)21(24)14-17/h2-7,14,18H,8-13,15H2,1H3,(H,25,27). The molecular weight excluding hydrogens is 475 g/mol. The van der Waals surface area contributed by atoms with Gasteiger partial charge in [-0.15, -0.1) is 11.8 Å². The highest BCUT2D eigenvalue weighted by atomic mass is 35.5. The van der Waals surface area contributed by atoms with Crippen LogP contribution in [0.5, 0.6) is 0 Å². The van der Waals surface area contributed by atoms with Crippen molar-refractivity contribution >= 4 is 50.9 Å². The van der Waals surface area contributed by atoms with E-state index in [2.05, 4.69) is 36.5 Å². The van der Waals surface area contributed by atoms with E-state index in [4.69, 9.17) is 23.2 Å². The zero-order chi connectivity index (χ0) is 22.4. The van der Waals surface area contributed by atoms with Gasteiger partial charge in [-0.2, -0.15) is 0 Å². The minimum Gasteiger partial charge on any atom is -0.355 e. The SMILES string of the molecule is Cc1ccc(SCCNC(=O)C2CCN(S(=O)(=O)Cc3ccc(Cl)c(Cl)c3)CC2)cc1. The molecule has 0 aromatic heterocycles. The van der Waals surface area contributed by atoms with E-state index in [1.54, 1.807) is 30.0 Å². The molecule has 1 N–H and O–H groups in total. The number of piperidine rings is 1. The number of thioether (sulfide) groups is 1. The minimum atomic E-state index is -3.47. The quantitative estimate of drug-likeness (QED) is 0.419. The van der Waals surface area contributed by atoms with Crippen LogP contribution in [-0.4, -0.2) is 44.0 Å². The molecule has 1 fully saturated rings. The van der Waals surface area contributed by atoms with Crippen LogP contribution in [0.3, 0.4) is 0 Å². The molecule has 9 heteroatoms. The van der Waals surface area contributed by atoms with Crippen molar-refractivity contribution in [1.29, 1.82) is 0 Å². The number of carbonyl (C=O) groups excluding carboxylic acids is 1. The molecule has 0 aliphatic carbocycles. The predicted octanol–water partition coefficient (Wildman–Crippen LogP) is 4.75. The van der Waals surface area contributed by atoms with Gasteiger partial charge in [0.05, 0.1) is 15.8 Å². The third-order valence-electron chi connectivity index (χ3n) is 5.24. The second-order valence-electron chi connectivity index (χ2n) is 7.63. The van der Waals surface area contributed by atoms with Gasteiger partial charge >= 0.3 is 0 Å². The molecule has 1 heterocycles. The van der Waals surface area contributed by atoms with Gasteiger partial charge in [-0.05, 0) is 49.6 Å². The summed E-state index contributed by atoms with van der Waals surface area (Å²) in [5.41, 5.74) is 1.82. The predicted molar refractivity (Wildman–Crippen MR) is 128 cm³/mol. The summed E-state index contributed by atoms with van der Waals surface area (Å²) in [6.07, 6.45) is 1.05. The number of benzene rings is 2. The smallest absolute Gasteiger partial charge is 0.223 e. The third-order valence-corrected chi connectivity index (χ3v) is 8.85. The molecule has 0 unspecified atom stereocenters. The van der Waals surface area contributed by atoms with E-state index in [-0.39, 0.29) is 17.6 Å². The summed E-state index contributed by atoms with van der Waals surface area (Å²) < 4.78 is 26.9. The van der Waals surface area contributed by atoms with Gasteiger partial charge in [0, 0.05) is 36.2 Å². The summed E-state index contributed by atoms with van der Waals surface area (Å²) in [7, 11) is -3.47. The van der Waals surface area contributed by atoms with Gasteiger partial charge in [0.15, 0.2) is 0 Å². The van der Waals surface area contributed by atoms with E-state index in [9.17, 15) is 13.2 Å². The number of carbonyl (C=O) groups is 1. The van der Waals surface area contributed by atoms with E-state index in [0.717, 1.165) is 5.75 Å². The Bertz CT molecular complexity index is 1010. The van der Waals surface area contributed by atoms with Crippen molar-refractivity contribution < 1.29 is 13.2 Å². The maximum absolute atomic E-state index is 12.7. The Morgan fingerprint density at radius 3 is 2.42 bits per heavy atom. The summed E-state index contributed by atoms with van der Waals surface area (Å²) in [6, 6.07) is 13.2. The molecule has 1 aliphatic rings. The molecule has 0 atom stereocenters. The fourth-order valence-corrected chi connectivity index (χ4v) is 6.09. The number of sulfonamides is 1.